The fourth-order valence-electron chi connectivity index (χ4n) is 2.41. The van der Waals surface area contributed by atoms with Gasteiger partial charge in [0, 0.05) is 25.2 Å². The van der Waals surface area contributed by atoms with Crippen molar-refractivity contribution in [3.05, 3.63) is 28.5 Å². The second-order valence-electron chi connectivity index (χ2n) is 5.35. The molecule has 0 aliphatic carbocycles. The molecular formula is C15H20BrFN2O2. The van der Waals surface area contributed by atoms with E-state index >= 15 is 0 Å². The van der Waals surface area contributed by atoms with Gasteiger partial charge < -0.3 is 15.0 Å². The van der Waals surface area contributed by atoms with Crippen LogP contribution in [0.2, 0.25) is 0 Å². The molecule has 1 heterocycles. The molecule has 3 atom stereocenters. The first-order valence-electron chi connectivity index (χ1n) is 7.05. The highest BCUT2D eigenvalue weighted by Gasteiger charge is 2.31. The number of ether oxygens (including phenoxy) is 1. The number of carbonyl (C=O) groups excluding carboxylic acids is 1. The largest absolute Gasteiger partial charge is 0.480 e. The van der Waals surface area contributed by atoms with Crippen molar-refractivity contribution in [3.8, 4) is 5.75 Å². The van der Waals surface area contributed by atoms with Crippen molar-refractivity contribution in [1.82, 2.24) is 10.2 Å². The molecule has 1 aromatic carbocycles. The predicted molar refractivity (Wildman–Crippen MR) is 82.8 cm³/mol. The monoisotopic (exact) mass is 358 g/mol. The summed E-state index contributed by atoms with van der Waals surface area (Å²) in [6, 6.07) is 4.53. The van der Waals surface area contributed by atoms with Crippen LogP contribution in [0.4, 0.5) is 4.39 Å². The smallest absolute Gasteiger partial charge is 0.263 e. The van der Waals surface area contributed by atoms with Crippen molar-refractivity contribution in [3.63, 3.8) is 0 Å². The highest BCUT2D eigenvalue weighted by molar-refractivity contribution is 9.10. The zero-order valence-electron chi connectivity index (χ0n) is 12.4. The van der Waals surface area contributed by atoms with E-state index in [4.69, 9.17) is 4.74 Å². The Balaban J connectivity index is 2.05. The summed E-state index contributed by atoms with van der Waals surface area (Å²) in [4.78, 5) is 14.4. The van der Waals surface area contributed by atoms with Gasteiger partial charge in [-0.2, -0.15) is 0 Å². The van der Waals surface area contributed by atoms with E-state index in [-0.39, 0.29) is 23.8 Å². The van der Waals surface area contributed by atoms with Gasteiger partial charge in [-0.1, -0.05) is 0 Å². The molecule has 21 heavy (non-hydrogen) atoms. The van der Waals surface area contributed by atoms with Crippen molar-refractivity contribution in [2.45, 2.75) is 39.0 Å². The van der Waals surface area contributed by atoms with Crippen LogP contribution in [-0.2, 0) is 4.79 Å². The third-order valence-electron chi connectivity index (χ3n) is 3.86. The van der Waals surface area contributed by atoms with E-state index < -0.39 is 6.10 Å². The minimum atomic E-state index is -0.612. The van der Waals surface area contributed by atoms with Gasteiger partial charge in [-0.05, 0) is 54.9 Å². The molecule has 1 fully saturated rings. The lowest BCUT2D eigenvalue weighted by Gasteiger charge is -2.39. The number of benzene rings is 1. The maximum Gasteiger partial charge on any atom is 0.263 e. The third kappa shape index (κ3) is 3.74. The second-order valence-corrected chi connectivity index (χ2v) is 6.20. The Hall–Kier alpha value is -1.14. The van der Waals surface area contributed by atoms with E-state index in [2.05, 4.69) is 28.2 Å². The maximum atomic E-state index is 13.1. The highest BCUT2D eigenvalue weighted by atomic mass is 79.9. The normalized spacial score (nSPS) is 23.8. The molecule has 4 nitrogen and oxygen atoms in total. The van der Waals surface area contributed by atoms with E-state index in [0.717, 1.165) is 6.54 Å². The van der Waals surface area contributed by atoms with Gasteiger partial charge in [-0.3, -0.25) is 4.79 Å². The molecule has 1 amide bonds. The van der Waals surface area contributed by atoms with E-state index in [1.807, 2.05) is 11.8 Å². The molecule has 116 valence electrons. The molecule has 6 heteroatoms. The standard InChI is InChI=1S/C15H20BrFN2O2/c1-9-10(2)19(7-6-18-9)15(20)11(3)21-14-5-4-12(17)8-13(14)16/h4-5,8-11,18H,6-7H2,1-3H3. The zero-order valence-corrected chi connectivity index (χ0v) is 14.0. The lowest BCUT2D eigenvalue weighted by molar-refractivity contribution is -0.141. The van der Waals surface area contributed by atoms with Gasteiger partial charge in [-0.15, -0.1) is 0 Å². The Bertz CT molecular complexity index is 526. The summed E-state index contributed by atoms with van der Waals surface area (Å²) in [6.07, 6.45) is -0.612. The maximum absolute atomic E-state index is 13.1. The Kier molecular flexibility index (Phi) is 5.22. The highest BCUT2D eigenvalue weighted by Crippen LogP contribution is 2.27. The zero-order chi connectivity index (χ0) is 15.6. The Morgan fingerprint density at radius 2 is 2.24 bits per heavy atom. The third-order valence-corrected chi connectivity index (χ3v) is 4.48. The lowest BCUT2D eigenvalue weighted by atomic mass is 10.1. The van der Waals surface area contributed by atoms with E-state index in [1.54, 1.807) is 6.92 Å². The van der Waals surface area contributed by atoms with Crippen LogP contribution < -0.4 is 10.1 Å². The molecule has 1 saturated heterocycles. The van der Waals surface area contributed by atoms with Gasteiger partial charge in [0.25, 0.3) is 5.91 Å². The number of halogens is 2. The molecule has 1 aromatic rings. The number of amides is 1. The van der Waals surface area contributed by atoms with Crippen molar-refractivity contribution in [1.29, 1.82) is 0 Å². The van der Waals surface area contributed by atoms with Crippen molar-refractivity contribution in [2.75, 3.05) is 13.1 Å². The summed E-state index contributed by atoms with van der Waals surface area (Å²) in [7, 11) is 0. The summed E-state index contributed by atoms with van der Waals surface area (Å²) in [6.45, 7) is 7.26. The van der Waals surface area contributed by atoms with Crippen LogP contribution in [0, 0.1) is 5.82 Å². The number of nitrogens with one attached hydrogen (secondary N) is 1. The van der Waals surface area contributed by atoms with E-state index in [1.165, 1.54) is 18.2 Å². The van der Waals surface area contributed by atoms with Crippen LogP contribution in [0.1, 0.15) is 20.8 Å². The first-order chi connectivity index (χ1) is 9.90. The van der Waals surface area contributed by atoms with Crippen LogP contribution in [0.3, 0.4) is 0 Å². The van der Waals surface area contributed by atoms with Crippen LogP contribution >= 0.6 is 15.9 Å². The molecule has 0 spiro atoms. The van der Waals surface area contributed by atoms with Gasteiger partial charge >= 0.3 is 0 Å². The molecule has 2 rings (SSSR count). The van der Waals surface area contributed by atoms with Crippen molar-refractivity contribution in [2.24, 2.45) is 0 Å². The SMILES string of the molecule is CC(Oc1ccc(F)cc1Br)C(=O)N1CCNC(C)C1C. The Morgan fingerprint density at radius 3 is 2.90 bits per heavy atom. The van der Waals surface area contributed by atoms with Gasteiger partial charge in [-0.25, -0.2) is 4.39 Å². The second kappa shape index (κ2) is 6.75. The van der Waals surface area contributed by atoms with Crippen LogP contribution in [0.15, 0.2) is 22.7 Å². The molecular weight excluding hydrogens is 339 g/mol. The number of rotatable bonds is 3. The number of hydrogen-bond donors (Lipinski definition) is 1. The van der Waals surface area contributed by atoms with Crippen molar-refractivity contribution < 1.29 is 13.9 Å². The summed E-state index contributed by atoms with van der Waals surface area (Å²) in [5.74, 6) is 0.0675. The van der Waals surface area contributed by atoms with E-state index in [9.17, 15) is 9.18 Å². The lowest BCUT2D eigenvalue weighted by Crippen LogP contribution is -2.59. The summed E-state index contributed by atoms with van der Waals surface area (Å²) in [5.41, 5.74) is 0. The first kappa shape index (κ1) is 16.2. The number of piperazine rings is 1. The molecule has 0 aromatic heterocycles. The minimum Gasteiger partial charge on any atom is -0.480 e. The number of hydrogen-bond acceptors (Lipinski definition) is 3. The number of nitrogens with zero attached hydrogens (tertiary/aromatic N) is 1. The van der Waals surface area contributed by atoms with Gasteiger partial charge in [0.15, 0.2) is 6.10 Å². The van der Waals surface area contributed by atoms with Gasteiger partial charge in [0.2, 0.25) is 0 Å². The molecule has 3 unspecified atom stereocenters. The van der Waals surface area contributed by atoms with Gasteiger partial charge in [0.1, 0.15) is 11.6 Å². The average molecular weight is 359 g/mol. The summed E-state index contributed by atoms with van der Waals surface area (Å²) < 4.78 is 19.2. The summed E-state index contributed by atoms with van der Waals surface area (Å²) >= 11 is 3.24. The van der Waals surface area contributed by atoms with Crippen molar-refractivity contribution >= 4 is 21.8 Å². The fraction of sp³-hybridized carbons (Fsp3) is 0.533. The number of carbonyl (C=O) groups is 1. The molecule has 0 bridgehead atoms. The van der Waals surface area contributed by atoms with E-state index in [0.29, 0.717) is 16.8 Å². The molecule has 0 radical (unpaired) electrons. The van der Waals surface area contributed by atoms with Crippen LogP contribution in [0.5, 0.6) is 5.75 Å². The van der Waals surface area contributed by atoms with Crippen LogP contribution in [0.25, 0.3) is 0 Å². The van der Waals surface area contributed by atoms with Crippen LogP contribution in [-0.4, -0.2) is 42.1 Å². The fourth-order valence-corrected chi connectivity index (χ4v) is 2.86. The molecule has 1 aliphatic rings. The predicted octanol–water partition coefficient (Wildman–Crippen LogP) is 2.56. The quantitative estimate of drug-likeness (QED) is 0.902. The minimum absolute atomic E-state index is 0.0490. The Labute approximate surface area is 132 Å². The summed E-state index contributed by atoms with van der Waals surface area (Å²) in [5, 5.41) is 3.34. The topological polar surface area (TPSA) is 41.6 Å². The van der Waals surface area contributed by atoms with Gasteiger partial charge in [0.05, 0.1) is 4.47 Å². The Morgan fingerprint density at radius 1 is 1.52 bits per heavy atom. The first-order valence-corrected chi connectivity index (χ1v) is 7.85. The molecule has 1 N–H and O–H groups in total. The molecule has 0 saturated carbocycles. The molecule has 1 aliphatic heterocycles. The average Bonchev–Trinajstić information content (AvgIpc) is 2.44.